The molecule has 84 valence electrons. The fraction of sp³-hybridized carbons (Fsp3) is 0.417. The van der Waals surface area contributed by atoms with Crippen LogP contribution in [-0.4, -0.2) is 10.7 Å². The van der Waals surface area contributed by atoms with Gasteiger partial charge in [0.2, 0.25) is 5.78 Å². The van der Waals surface area contributed by atoms with Gasteiger partial charge in [-0.1, -0.05) is 30.3 Å². The van der Waals surface area contributed by atoms with Crippen LogP contribution in [0.4, 0.5) is 0 Å². The highest BCUT2D eigenvalue weighted by Gasteiger charge is 2.52. The number of carbonyl (C=O) groups is 1. The molecule has 1 aliphatic carbocycles. The summed E-state index contributed by atoms with van der Waals surface area (Å²) in [6, 6.07) is 8.62. The van der Waals surface area contributed by atoms with Gasteiger partial charge in [-0.3, -0.25) is 14.9 Å². The standard InChI is InChI=1S/C12H13NO3/c14-11-8-4-5-9-12(11,13(15)16)10-6-2-1-3-7-10/h1-3,6-7H,4-5,8-9H2. The van der Waals surface area contributed by atoms with Gasteiger partial charge in [-0.2, -0.15) is 0 Å². The van der Waals surface area contributed by atoms with Crippen LogP contribution < -0.4 is 0 Å². The van der Waals surface area contributed by atoms with Crippen LogP contribution in [-0.2, 0) is 10.3 Å². The number of Topliss-reactive ketones (excluding diaryl/α,β-unsaturated/α-hetero) is 1. The van der Waals surface area contributed by atoms with E-state index in [1.165, 1.54) is 0 Å². The number of hydrogen-bond acceptors (Lipinski definition) is 3. The highest BCUT2D eigenvalue weighted by atomic mass is 16.6. The molecule has 2 rings (SSSR count). The molecule has 0 bridgehead atoms. The second-order valence-corrected chi connectivity index (χ2v) is 4.11. The number of nitro groups is 1. The van der Waals surface area contributed by atoms with Crippen molar-refractivity contribution in [3.8, 4) is 0 Å². The predicted molar refractivity (Wildman–Crippen MR) is 58.6 cm³/mol. The molecule has 0 radical (unpaired) electrons. The summed E-state index contributed by atoms with van der Waals surface area (Å²) < 4.78 is 0. The Kier molecular flexibility index (Phi) is 2.73. The minimum Gasteiger partial charge on any atom is -0.291 e. The zero-order valence-corrected chi connectivity index (χ0v) is 8.89. The van der Waals surface area contributed by atoms with Gasteiger partial charge in [0.25, 0.3) is 0 Å². The van der Waals surface area contributed by atoms with Crippen molar-refractivity contribution in [3.05, 3.63) is 46.0 Å². The van der Waals surface area contributed by atoms with E-state index in [0.717, 1.165) is 12.8 Å². The van der Waals surface area contributed by atoms with E-state index in [2.05, 4.69) is 0 Å². The maximum atomic E-state index is 11.9. The molecule has 0 aromatic heterocycles. The fourth-order valence-electron chi connectivity index (χ4n) is 2.33. The molecule has 0 heterocycles. The average molecular weight is 219 g/mol. The molecular weight excluding hydrogens is 206 g/mol. The number of carbonyl (C=O) groups excluding carboxylic acids is 1. The molecule has 1 unspecified atom stereocenters. The van der Waals surface area contributed by atoms with E-state index >= 15 is 0 Å². The summed E-state index contributed by atoms with van der Waals surface area (Å²) in [5.74, 6) is -0.255. The van der Waals surface area contributed by atoms with Crippen LogP contribution in [0.15, 0.2) is 30.3 Å². The minimum atomic E-state index is -1.49. The lowest BCUT2D eigenvalue weighted by Crippen LogP contribution is -2.45. The Hall–Kier alpha value is -1.71. The van der Waals surface area contributed by atoms with Crippen LogP contribution >= 0.6 is 0 Å². The molecule has 4 heteroatoms. The van der Waals surface area contributed by atoms with Crippen molar-refractivity contribution in [2.24, 2.45) is 0 Å². The molecule has 0 amide bonds. The Morgan fingerprint density at radius 1 is 1.19 bits per heavy atom. The van der Waals surface area contributed by atoms with Crippen molar-refractivity contribution in [3.63, 3.8) is 0 Å². The lowest BCUT2D eigenvalue weighted by molar-refractivity contribution is -0.563. The second kappa shape index (κ2) is 4.04. The van der Waals surface area contributed by atoms with Crippen molar-refractivity contribution in [2.45, 2.75) is 31.2 Å². The van der Waals surface area contributed by atoms with Gasteiger partial charge < -0.3 is 0 Å². The highest BCUT2D eigenvalue weighted by Crippen LogP contribution is 2.37. The van der Waals surface area contributed by atoms with Crippen LogP contribution in [0.25, 0.3) is 0 Å². The van der Waals surface area contributed by atoms with Gasteiger partial charge in [-0.15, -0.1) is 0 Å². The van der Waals surface area contributed by atoms with Gasteiger partial charge in [0.15, 0.2) is 0 Å². The monoisotopic (exact) mass is 219 g/mol. The molecule has 0 spiro atoms. The Balaban J connectivity index is 2.51. The molecule has 0 saturated heterocycles. The van der Waals surface area contributed by atoms with E-state index in [1.807, 2.05) is 0 Å². The molecule has 4 nitrogen and oxygen atoms in total. The first-order valence-electron chi connectivity index (χ1n) is 5.41. The summed E-state index contributed by atoms with van der Waals surface area (Å²) in [5, 5.41) is 11.3. The molecule has 1 aliphatic rings. The molecule has 0 N–H and O–H groups in total. The van der Waals surface area contributed by atoms with E-state index in [9.17, 15) is 14.9 Å². The minimum absolute atomic E-state index is 0.255. The third-order valence-corrected chi connectivity index (χ3v) is 3.22. The number of ketones is 1. The summed E-state index contributed by atoms with van der Waals surface area (Å²) in [6.45, 7) is 0. The Morgan fingerprint density at radius 3 is 2.44 bits per heavy atom. The Morgan fingerprint density at radius 2 is 1.88 bits per heavy atom. The van der Waals surface area contributed by atoms with Crippen LogP contribution in [0.3, 0.4) is 0 Å². The lowest BCUT2D eigenvalue weighted by atomic mass is 9.76. The second-order valence-electron chi connectivity index (χ2n) is 4.11. The molecule has 16 heavy (non-hydrogen) atoms. The van der Waals surface area contributed by atoms with Gasteiger partial charge in [-0.25, -0.2) is 0 Å². The van der Waals surface area contributed by atoms with E-state index in [4.69, 9.17) is 0 Å². The fourth-order valence-corrected chi connectivity index (χ4v) is 2.33. The maximum absolute atomic E-state index is 11.9. The van der Waals surface area contributed by atoms with Crippen LogP contribution in [0.5, 0.6) is 0 Å². The van der Waals surface area contributed by atoms with E-state index in [0.29, 0.717) is 18.4 Å². The highest BCUT2D eigenvalue weighted by molar-refractivity contribution is 5.88. The van der Waals surface area contributed by atoms with Crippen molar-refractivity contribution in [2.75, 3.05) is 0 Å². The number of rotatable bonds is 2. The van der Waals surface area contributed by atoms with Gasteiger partial charge in [0, 0.05) is 23.3 Å². The summed E-state index contributed by atoms with van der Waals surface area (Å²) in [5.41, 5.74) is -0.968. The number of hydrogen-bond donors (Lipinski definition) is 0. The van der Waals surface area contributed by atoms with Gasteiger partial charge in [0.05, 0.1) is 0 Å². The summed E-state index contributed by atoms with van der Waals surface area (Å²) in [4.78, 5) is 22.8. The van der Waals surface area contributed by atoms with Crippen LogP contribution in [0.2, 0.25) is 0 Å². The Labute approximate surface area is 93.4 Å². The number of nitrogens with zero attached hydrogens (tertiary/aromatic N) is 1. The SMILES string of the molecule is O=C1CCCCC1(c1ccccc1)[N+](=O)[O-]. The predicted octanol–water partition coefficient (Wildman–Crippen LogP) is 2.30. The van der Waals surface area contributed by atoms with E-state index in [-0.39, 0.29) is 5.78 Å². The molecular formula is C12H13NO3. The van der Waals surface area contributed by atoms with Crippen LogP contribution in [0.1, 0.15) is 31.2 Å². The van der Waals surface area contributed by atoms with Crippen molar-refractivity contribution in [1.29, 1.82) is 0 Å². The first kappa shape index (κ1) is 10.8. The maximum Gasteiger partial charge on any atom is 0.304 e. The third-order valence-electron chi connectivity index (χ3n) is 3.22. The van der Waals surface area contributed by atoms with Crippen molar-refractivity contribution >= 4 is 5.78 Å². The molecule has 1 aromatic rings. The topological polar surface area (TPSA) is 60.2 Å². The summed E-state index contributed by atoms with van der Waals surface area (Å²) in [6.07, 6.45) is 2.14. The first-order valence-corrected chi connectivity index (χ1v) is 5.41. The first-order chi connectivity index (χ1) is 7.68. The van der Waals surface area contributed by atoms with Crippen LogP contribution in [0, 0.1) is 10.1 Å². The van der Waals surface area contributed by atoms with E-state index in [1.54, 1.807) is 30.3 Å². The molecule has 1 fully saturated rings. The normalized spacial score (nSPS) is 25.4. The van der Waals surface area contributed by atoms with Crippen molar-refractivity contribution in [1.82, 2.24) is 0 Å². The zero-order chi connectivity index (χ0) is 11.6. The van der Waals surface area contributed by atoms with E-state index < -0.39 is 10.5 Å². The van der Waals surface area contributed by atoms with Gasteiger partial charge >= 0.3 is 5.54 Å². The van der Waals surface area contributed by atoms with Gasteiger partial charge in [0.1, 0.15) is 0 Å². The van der Waals surface area contributed by atoms with Crippen molar-refractivity contribution < 1.29 is 9.72 Å². The third kappa shape index (κ3) is 1.50. The molecule has 0 aliphatic heterocycles. The summed E-state index contributed by atoms with van der Waals surface area (Å²) >= 11 is 0. The molecule has 1 saturated carbocycles. The largest absolute Gasteiger partial charge is 0.304 e. The Bertz CT molecular complexity index is 416. The lowest BCUT2D eigenvalue weighted by Gasteiger charge is -2.27. The zero-order valence-electron chi connectivity index (χ0n) is 8.89. The average Bonchev–Trinajstić information content (AvgIpc) is 2.30. The number of benzene rings is 1. The quantitative estimate of drug-likeness (QED) is 0.566. The summed E-state index contributed by atoms with van der Waals surface area (Å²) in [7, 11) is 0. The van der Waals surface area contributed by atoms with Gasteiger partial charge in [-0.05, 0) is 12.8 Å². The molecule has 1 aromatic carbocycles. The molecule has 1 atom stereocenters. The smallest absolute Gasteiger partial charge is 0.291 e.